The van der Waals surface area contributed by atoms with Crippen LogP contribution in [0.25, 0.3) is 0 Å². The van der Waals surface area contributed by atoms with E-state index in [1.807, 2.05) is 32.2 Å². The van der Waals surface area contributed by atoms with Gasteiger partial charge in [0.05, 0.1) is 34.7 Å². The van der Waals surface area contributed by atoms with Crippen LogP contribution in [0.3, 0.4) is 0 Å². The quantitative estimate of drug-likeness (QED) is 0.359. The Morgan fingerprint density at radius 2 is 1.85 bits per heavy atom. The third-order valence-corrected chi connectivity index (χ3v) is 8.33. The first kappa shape index (κ1) is 27.0. The van der Waals surface area contributed by atoms with Crippen LogP contribution in [0.1, 0.15) is 83.5 Å². The Morgan fingerprint density at radius 1 is 1.15 bits per heavy atom. The second-order valence-corrected chi connectivity index (χ2v) is 11.7. The number of ketones is 1. The van der Waals surface area contributed by atoms with E-state index in [-0.39, 0.29) is 24.2 Å². The van der Waals surface area contributed by atoms with E-state index in [0.717, 1.165) is 30.0 Å². The van der Waals surface area contributed by atoms with E-state index >= 15 is 0 Å². The standard InChI is InChI=1S/C26H39NO6S/c1-15-11-9-7-8-10-12-20(26(6)24(33-26)18-14-34-17(3)27-18)32-21(29)13-19(28)25(4,5)23(31)16(2)22(15)30/h8,10,14-16,19-20,22,24,28,30H,7,9,11-13H2,1-6H3/b10-8-/t15-,16-,19+,20-,22+,24?,26?/m0/s1. The highest BCUT2D eigenvalue weighted by molar-refractivity contribution is 7.09. The molecule has 2 unspecified atom stereocenters. The van der Waals surface area contributed by atoms with Crippen molar-refractivity contribution in [3.63, 3.8) is 0 Å². The van der Waals surface area contributed by atoms with Crippen molar-refractivity contribution in [1.29, 1.82) is 0 Å². The number of carbonyl (C=O) groups excluding carboxylic acids is 2. The predicted molar refractivity (Wildman–Crippen MR) is 130 cm³/mol. The average molecular weight is 494 g/mol. The maximum atomic E-state index is 13.2. The molecule has 7 nitrogen and oxygen atoms in total. The van der Waals surface area contributed by atoms with Crippen LogP contribution in [0.2, 0.25) is 0 Å². The topological polar surface area (TPSA) is 109 Å². The summed E-state index contributed by atoms with van der Waals surface area (Å²) in [5, 5.41) is 24.5. The van der Waals surface area contributed by atoms with Crippen LogP contribution in [0.5, 0.6) is 0 Å². The SMILES string of the molecule is Cc1nc(C2OC2(C)[C@@H]2C/C=C\CCC[C@H](C)[C@@H](O)[C@H](C)C(=O)C(C)(C)[C@H](O)CC(=O)O2)cs1. The van der Waals surface area contributed by atoms with E-state index in [1.165, 1.54) is 0 Å². The lowest BCUT2D eigenvalue weighted by atomic mass is 9.73. The summed E-state index contributed by atoms with van der Waals surface area (Å²) in [6.07, 6.45) is 3.91. The molecular weight excluding hydrogens is 454 g/mol. The van der Waals surface area contributed by atoms with Gasteiger partial charge in [-0.15, -0.1) is 11.3 Å². The van der Waals surface area contributed by atoms with Gasteiger partial charge in [-0.3, -0.25) is 9.59 Å². The largest absolute Gasteiger partial charge is 0.459 e. The molecule has 190 valence electrons. The normalized spacial score (nSPS) is 38.8. The highest BCUT2D eigenvalue weighted by atomic mass is 32.1. The van der Waals surface area contributed by atoms with Gasteiger partial charge < -0.3 is 19.7 Å². The fourth-order valence-corrected chi connectivity index (χ4v) is 5.43. The number of rotatable bonds is 2. The molecule has 3 rings (SSSR count). The molecule has 3 heterocycles. The first-order chi connectivity index (χ1) is 15.9. The van der Waals surface area contributed by atoms with E-state index in [4.69, 9.17) is 9.47 Å². The van der Waals surface area contributed by atoms with Crippen LogP contribution in [-0.4, -0.2) is 50.9 Å². The lowest BCUT2D eigenvalue weighted by Gasteiger charge is -2.34. The van der Waals surface area contributed by atoms with Crippen molar-refractivity contribution in [1.82, 2.24) is 4.98 Å². The smallest absolute Gasteiger partial charge is 0.308 e. The number of aliphatic hydroxyl groups excluding tert-OH is 2. The number of aliphatic hydroxyl groups is 2. The summed E-state index contributed by atoms with van der Waals surface area (Å²) in [5.74, 6) is -1.53. The number of cyclic esters (lactones) is 1. The number of epoxide rings is 1. The molecular formula is C26H39NO6S. The number of aromatic nitrogens is 1. The Hall–Kier alpha value is -1.61. The number of hydrogen-bond acceptors (Lipinski definition) is 8. The van der Waals surface area contributed by atoms with Crippen molar-refractivity contribution in [2.24, 2.45) is 17.3 Å². The number of Topliss-reactive ketones (excluding diaryl/α,β-unsaturated/α-hetero) is 1. The maximum Gasteiger partial charge on any atom is 0.308 e. The molecule has 1 aromatic rings. The van der Waals surface area contributed by atoms with E-state index < -0.39 is 41.2 Å². The zero-order chi connectivity index (χ0) is 25.3. The number of esters is 1. The number of thiazole rings is 1. The van der Waals surface area contributed by atoms with Crippen LogP contribution >= 0.6 is 11.3 Å². The molecule has 8 heteroatoms. The fraction of sp³-hybridized carbons (Fsp3) is 0.731. The van der Waals surface area contributed by atoms with Crippen molar-refractivity contribution in [2.45, 2.75) is 104 Å². The van der Waals surface area contributed by atoms with Gasteiger partial charge >= 0.3 is 5.97 Å². The molecule has 2 aliphatic heterocycles. The molecule has 34 heavy (non-hydrogen) atoms. The van der Waals surface area contributed by atoms with Gasteiger partial charge in [0, 0.05) is 17.7 Å². The molecule has 1 aromatic heterocycles. The number of carbonyl (C=O) groups is 2. The van der Waals surface area contributed by atoms with E-state index in [2.05, 4.69) is 11.1 Å². The Bertz CT molecular complexity index is 911. The maximum absolute atomic E-state index is 13.2. The van der Waals surface area contributed by atoms with E-state index in [1.54, 1.807) is 32.1 Å². The molecule has 0 aliphatic carbocycles. The van der Waals surface area contributed by atoms with E-state index in [9.17, 15) is 19.8 Å². The lowest BCUT2D eigenvalue weighted by Crippen LogP contribution is -2.46. The van der Waals surface area contributed by atoms with Crippen LogP contribution in [0.4, 0.5) is 0 Å². The molecule has 0 bridgehead atoms. The van der Waals surface area contributed by atoms with Crippen molar-refractivity contribution in [3.8, 4) is 0 Å². The number of hydrogen-bond donors (Lipinski definition) is 2. The van der Waals surface area contributed by atoms with Gasteiger partial charge in [-0.25, -0.2) is 4.98 Å². The highest BCUT2D eigenvalue weighted by Gasteiger charge is 2.61. The summed E-state index contributed by atoms with van der Waals surface area (Å²) in [7, 11) is 0. The van der Waals surface area contributed by atoms with Crippen LogP contribution in [-0.2, 0) is 19.1 Å². The number of nitrogens with zero attached hydrogens (tertiary/aromatic N) is 1. The van der Waals surface area contributed by atoms with Crippen LogP contribution in [0, 0.1) is 24.2 Å². The second kappa shape index (κ2) is 10.6. The first-order valence-corrected chi connectivity index (χ1v) is 13.1. The Balaban J connectivity index is 1.81. The Labute approximate surface area is 206 Å². The zero-order valence-corrected chi connectivity index (χ0v) is 21.9. The molecule has 0 saturated carbocycles. The number of ether oxygens (including phenoxy) is 2. The molecule has 0 radical (unpaired) electrons. The Morgan fingerprint density at radius 3 is 2.50 bits per heavy atom. The van der Waals surface area contributed by atoms with Gasteiger partial charge in [0.1, 0.15) is 23.6 Å². The van der Waals surface area contributed by atoms with Crippen LogP contribution in [0.15, 0.2) is 17.5 Å². The molecule has 0 spiro atoms. The number of allylic oxidation sites excluding steroid dienone is 1. The van der Waals surface area contributed by atoms with Crippen molar-refractivity contribution in [3.05, 3.63) is 28.2 Å². The van der Waals surface area contributed by atoms with Crippen LogP contribution < -0.4 is 0 Å². The van der Waals surface area contributed by atoms with Crippen molar-refractivity contribution < 1.29 is 29.3 Å². The minimum absolute atomic E-state index is 0.0491. The third-order valence-electron chi connectivity index (χ3n) is 7.54. The van der Waals surface area contributed by atoms with Gasteiger partial charge in [0.15, 0.2) is 0 Å². The average Bonchev–Trinajstić information content (AvgIpc) is 3.29. The highest BCUT2D eigenvalue weighted by Crippen LogP contribution is 2.53. The lowest BCUT2D eigenvalue weighted by molar-refractivity contribution is -0.158. The molecule has 1 saturated heterocycles. The van der Waals surface area contributed by atoms with Crippen molar-refractivity contribution >= 4 is 23.1 Å². The van der Waals surface area contributed by atoms with Gasteiger partial charge in [-0.05, 0) is 39.0 Å². The predicted octanol–water partition coefficient (Wildman–Crippen LogP) is 4.30. The van der Waals surface area contributed by atoms with Gasteiger partial charge in [-0.1, -0.05) is 39.8 Å². The summed E-state index contributed by atoms with van der Waals surface area (Å²) in [4.78, 5) is 30.6. The minimum atomic E-state index is -1.23. The van der Waals surface area contributed by atoms with Gasteiger partial charge in [-0.2, -0.15) is 0 Å². The van der Waals surface area contributed by atoms with Gasteiger partial charge in [0.2, 0.25) is 0 Å². The summed E-state index contributed by atoms with van der Waals surface area (Å²) < 4.78 is 11.9. The summed E-state index contributed by atoms with van der Waals surface area (Å²) >= 11 is 1.55. The molecule has 2 N–H and O–H groups in total. The first-order valence-electron chi connectivity index (χ1n) is 12.2. The molecule has 2 aliphatic rings. The fourth-order valence-electron chi connectivity index (χ4n) is 4.80. The van der Waals surface area contributed by atoms with E-state index in [0.29, 0.717) is 6.42 Å². The number of aryl methyl sites for hydroxylation is 1. The molecule has 0 amide bonds. The second-order valence-electron chi connectivity index (χ2n) is 10.7. The minimum Gasteiger partial charge on any atom is -0.459 e. The summed E-state index contributed by atoms with van der Waals surface area (Å²) in [6.45, 7) is 10.7. The summed E-state index contributed by atoms with van der Waals surface area (Å²) in [5.41, 5.74) is -1.06. The third kappa shape index (κ3) is 5.78. The summed E-state index contributed by atoms with van der Waals surface area (Å²) in [6, 6.07) is 0. The van der Waals surface area contributed by atoms with Gasteiger partial charge in [0.25, 0.3) is 0 Å². The molecule has 0 aromatic carbocycles. The zero-order valence-electron chi connectivity index (χ0n) is 21.1. The molecule has 7 atom stereocenters. The Kier molecular flexibility index (Phi) is 8.38. The molecule has 1 fully saturated rings. The van der Waals surface area contributed by atoms with Crippen molar-refractivity contribution in [2.75, 3.05) is 0 Å². The monoisotopic (exact) mass is 493 g/mol.